The summed E-state index contributed by atoms with van der Waals surface area (Å²) in [5, 5.41) is 13.9. The fourth-order valence-electron chi connectivity index (χ4n) is 3.85. The van der Waals surface area contributed by atoms with E-state index in [1.165, 1.54) is 0 Å². The number of aliphatic carboxylic acids is 1. The molecule has 6 nitrogen and oxygen atoms in total. The van der Waals surface area contributed by atoms with Crippen molar-refractivity contribution in [2.24, 2.45) is 0 Å². The van der Waals surface area contributed by atoms with Crippen LogP contribution < -0.4 is 14.2 Å². The summed E-state index contributed by atoms with van der Waals surface area (Å²) in [4.78, 5) is 14.0. The van der Waals surface area contributed by atoms with Crippen molar-refractivity contribution in [1.82, 2.24) is 4.90 Å². The lowest BCUT2D eigenvalue weighted by atomic mass is 9.92. The first-order valence-electron chi connectivity index (χ1n) is 8.91. The van der Waals surface area contributed by atoms with Crippen LogP contribution >= 0.6 is 11.3 Å². The molecular weight excluding hydrogens is 366 g/mol. The minimum Gasteiger partial charge on any atom is -0.493 e. The Hall–Kier alpha value is -2.25. The lowest BCUT2D eigenvalue weighted by molar-refractivity contribution is -0.145. The number of benzene rings is 1. The van der Waals surface area contributed by atoms with Gasteiger partial charge in [-0.2, -0.15) is 11.3 Å². The molecule has 0 spiro atoms. The average Bonchev–Trinajstić information content (AvgIpc) is 3.22. The molecule has 0 saturated carbocycles. The number of nitrogens with zero attached hydrogens (tertiary/aromatic N) is 1. The van der Waals surface area contributed by atoms with E-state index in [0.717, 1.165) is 30.5 Å². The summed E-state index contributed by atoms with van der Waals surface area (Å²) in [5.41, 5.74) is 1.93. The van der Waals surface area contributed by atoms with Gasteiger partial charge in [-0.15, -0.1) is 0 Å². The van der Waals surface area contributed by atoms with Crippen LogP contribution in [0.2, 0.25) is 0 Å². The van der Waals surface area contributed by atoms with Crippen LogP contribution in [0.15, 0.2) is 29.0 Å². The van der Waals surface area contributed by atoms with Gasteiger partial charge in [0.2, 0.25) is 5.75 Å². The van der Waals surface area contributed by atoms with E-state index >= 15 is 0 Å². The van der Waals surface area contributed by atoms with Gasteiger partial charge in [0.05, 0.1) is 27.4 Å². The van der Waals surface area contributed by atoms with Gasteiger partial charge >= 0.3 is 5.97 Å². The van der Waals surface area contributed by atoms with Crippen molar-refractivity contribution in [2.75, 3.05) is 27.9 Å². The van der Waals surface area contributed by atoms with Crippen LogP contribution in [0.1, 0.15) is 36.4 Å². The van der Waals surface area contributed by atoms with Gasteiger partial charge in [-0.05, 0) is 53.9 Å². The number of thiophene rings is 1. The van der Waals surface area contributed by atoms with Gasteiger partial charge in [0.15, 0.2) is 11.5 Å². The molecule has 146 valence electrons. The second-order valence-corrected chi connectivity index (χ2v) is 7.25. The molecule has 1 aliphatic heterocycles. The van der Waals surface area contributed by atoms with Gasteiger partial charge in [0, 0.05) is 5.56 Å². The van der Waals surface area contributed by atoms with E-state index < -0.39 is 12.0 Å². The number of likely N-dealkylation sites (tertiary alicyclic amines) is 1. The Morgan fingerprint density at radius 3 is 2.52 bits per heavy atom. The van der Waals surface area contributed by atoms with Crippen LogP contribution in [0.25, 0.3) is 0 Å². The number of hydrogen-bond donors (Lipinski definition) is 1. The number of carboxylic acids is 1. The van der Waals surface area contributed by atoms with Gasteiger partial charge < -0.3 is 19.3 Å². The Morgan fingerprint density at radius 1 is 1.15 bits per heavy atom. The van der Waals surface area contributed by atoms with E-state index in [9.17, 15) is 9.90 Å². The smallest absolute Gasteiger partial charge is 0.320 e. The third kappa shape index (κ3) is 3.75. The van der Waals surface area contributed by atoms with Crippen LogP contribution in [-0.2, 0) is 4.79 Å². The SMILES string of the molecule is COc1ccc(C(c2ccsc2)N2CCCCC2C(=O)O)c(OC)c1OC. The molecule has 1 N–H and O–H groups in total. The predicted octanol–water partition coefficient (Wildman–Crippen LogP) is 3.80. The molecule has 1 fully saturated rings. The minimum atomic E-state index is -0.783. The third-order valence-electron chi connectivity index (χ3n) is 5.05. The highest BCUT2D eigenvalue weighted by Gasteiger charge is 2.37. The number of ether oxygens (including phenoxy) is 3. The fourth-order valence-corrected chi connectivity index (χ4v) is 4.53. The van der Waals surface area contributed by atoms with Crippen molar-refractivity contribution in [2.45, 2.75) is 31.3 Å². The van der Waals surface area contributed by atoms with E-state index in [1.54, 1.807) is 32.7 Å². The van der Waals surface area contributed by atoms with Crippen molar-refractivity contribution in [3.8, 4) is 17.2 Å². The van der Waals surface area contributed by atoms with Crippen LogP contribution in [0.3, 0.4) is 0 Å². The van der Waals surface area contributed by atoms with Crippen molar-refractivity contribution in [1.29, 1.82) is 0 Å². The average molecular weight is 391 g/mol. The number of piperidine rings is 1. The van der Waals surface area contributed by atoms with Crippen molar-refractivity contribution < 1.29 is 24.1 Å². The molecule has 1 aromatic heterocycles. The predicted molar refractivity (Wildman–Crippen MR) is 104 cm³/mol. The molecule has 0 amide bonds. The summed E-state index contributed by atoms with van der Waals surface area (Å²) < 4.78 is 16.6. The topological polar surface area (TPSA) is 68.2 Å². The maximum Gasteiger partial charge on any atom is 0.320 e. The van der Waals surface area contributed by atoms with E-state index in [1.807, 2.05) is 23.6 Å². The summed E-state index contributed by atoms with van der Waals surface area (Å²) in [6.07, 6.45) is 2.54. The molecule has 2 heterocycles. The first kappa shape index (κ1) is 19.5. The van der Waals surface area contributed by atoms with Crippen LogP contribution in [0.4, 0.5) is 0 Å². The lowest BCUT2D eigenvalue weighted by Gasteiger charge is -2.39. The molecule has 27 heavy (non-hydrogen) atoms. The van der Waals surface area contributed by atoms with Gasteiger partial charge in [0.25, 0.3) is 0 Å². The number of carbonyl (C=O) groups is 1. The number of carboxylic acid groups (broad SMARTS) is 1. The zero-order valence-electron chi connectivity index (χ0n) is 15.8. The van der Waals surface area contributed by atoms with E-state index in [0.29, 0.717) is 23.7 Å². The molecule has 2 atom stereocenters. The maximum atomic E-state index is 11.9. The van der Waals surface area contributed by atoms with Gasteiger partial charge in [0.1, 0.15) is 6.04 Å². The molecule has 0 aliphatic carbocycles. The molecule has 3 rings (SSSR count). The molecule has 7 heteroatoms. The third-order valence-corrected chi connectivity index (χ3v) is 5.75. The van der Waals surface area contributed by atoms with Crippen molar-refractivity contribution in [3.05, 3.63) is 40.1 Å². The highest BCUT2D eigenvalue weighted by Crippen LogP contribution is 2.46. The zero-order chi connectivity index (χ0) is 19.4. The summed E-state index contributed by atoms with van der Waals surface area (Å²) >= 11 is 1.60. The molecule has 2 aromatic rings. The molecule has 1 saturated heterocycles. The molecular formula is C20H25NO5S. The monoisotopic (exact) mass is 391 g/mol. The van der Waals surface area contributed by atoms with Gasteiger partial charge in [-0.3, -0.25) is 9.69 Å². The normalized spacial score (nSPS) is 18.7. The molecule has 1 aromatic carbocycles. The summed E-state index contributed by atoms with van der Waals surface area (Å²) in [6, 6.07) is 5.07. The molecule has 0 radical (unpaired) electrons. The van der Waals surface area contributed by atoms with Crippen molar-refractivity contribution in [3.63, 3.8) is 0 Å². The highest BCUT2D eigenvalue weighted by atomic mass is 32.1. The summed E-state index contributed by atoms with van der Waals surface area (Å²) in [7, 11) is 4.75. The Balaban J connectivity index is 2.16. The molecule has 1 aliphatic rings. The Kier molecular flexibility index (Phi) is 6.23. The Labute approximate surface area is 163 Å². The quantitative estimate of drug-likeness (QED) is 0.774. The first-order chi connectivity index (χ1) is 13.1. The van der Waals surface area contributed by atoms with Gasteiger partial charge in [-0.25, -0.2) is 0 Å². The van der Waals surface area contributed by atoms with Crippen LogP contribution in [-0.4, -0.2) is 49.9 Å². The first-order valence-corrected chi connectivity index (χ1v) is 9.86. The van der Waals surface area contributed by atoms with E-state index in [2.05, 4.69) is 10.3 Å². The molecule has 0 bridgehead atoms. The Morgan fingerprint density at radius 2 is 1.93 bits per heavy atom. The maximum absolute atomic E-state index is 11.9. The minimum absolute atomic E-state index is 0.229. The largest absolute Gasteiger partial charge is 0.493 e. The summed E-state index contributed by atoms with van der Waals surface area (Å²) in [6.45, 7) is 0.717. The second-order valence-electron chi connectivity index (χ2n) is 6.47. The van der Waals surface area contributed by atoms with E-state index in [-0.39, 0.29) is 6.04 Å². The second kappa shape index (κ2) is 8.63. The Bertz CT molecular complexity index is 777. The number of hydrogen-bond acceptors (Lipinski definition) is 6. The summed E-state index contributed by atoms with van der Waals surface area (Å²) in [5.74, 6) is 0.884. The molecule has 2 unspecified atom stereocenters. The van der Waals surface area contributed by atoms with Crippen LogP contribution in [0.5, 0.6) is 17.2 Å². The lowest BCUT2D eigenvalue weighted by Crippen LogP contribution is -2.46. The van der Waals surface area contributed by atoms with Crippen LogP contribution in [0, 0.1) is 0 Å². The fraction of sp³-hybridized carbons (Fsp3) is 0.450. The zero-order valence-corrected chi connectivity index (χ0v) is 16.6. The highest BCUT2D eigenvalue weighted by molar-refractivity contribution is 7.08. The van der Waals surface area contributed by atoms with Crippen molar-refractivity contribution >= 4 is 17.3 Å². The number of methoxy groups -OCH3 is 3. The van der Waals surface area contributed by atoms with E-state index in [4.69, 9.17) is 14.2 Å². The number of rotatable bonds is 7. The van der Waals surface area contributed by atoms with Gasteiger partial charge in [-0.1, -0.05) is 6.42 Å². The standard InChI is InChI=1S/C20H25NO5S/c1-24-16-8-7-14(18(25-2)19(16)26-3)17(13-9-11-27-12-13)21-10-5-4-6-15(21)20(22)23/h7-9,11-12,15,17H,4-6,10H2,1-3H3,(H,22,23).